The van der Waals surface area contributed by atoms with Crippen molar-refractivity contribution in [1.82, 2.24) is 10.2 Å². The number of carbonyl (C=O) groups is 2. The Labute approximate surface area is 193 Å². The minimum Gasteiger partial charge on any atom is -0.350 e. The van der Waals surface area contributed by atoms with E-state index >= 15 is 0 Å². The molecule has 0 aliphatic rings. The fourth-order valence-corrected chi connectivity index (χ4v) is 3.75. The summed E-state index contributed by atoms with van der Waals surface area (Å²) in [5.41, 5.74) is 1.01. The third-order valence-electron chi connectivity index (χ3n) is 4.54. The molecule has 7 heteroatoms. The van der Waals surface area contributed by atoms with E-state index < -0.39 is 11.6 Å². The Morgan fingerprint density at radius 1 is 1.00 bits per heavy atom. The number of carbonyl (C=O) groups excluding carboxylic acids is 2. The second-order valence-corrected chi connectivity index (χ2v) is 9.44. The topological polar surface area (TPSA) is 49.4 Å². The van der Waals surface area contributed by atoms with Crippen LogP contribution in [0.5, 0.6) is 0 Å². The molecule has 2 amide bonds. The molecule has 0 saturated carbocycles. The summed E-state index contributed by atoms with van der Waals surface area (Å²) in [6.45, 7) is 7.73. The van der Waals surface area contributed by atoms with Crippen molar-refractivity contribution in [3.05, 3.63) is 68.7 Å². The van der Waals surface area contributed by atoms with E-state index in [1.54, 1.807) is 47.4 Å². The van der Waals surface area contributed by atoms with Crippen molar-refractivity contribution >= 4 is 46.6 Å². The van der Waals surface area contributed by atoms with Crippen LogP contribution in [0.3, 0.4) is 0 Å². The Kier molecular flexibility index (Phi) is 8.60. The Balaban J connectivity index is 2.38. The van der Waals surface area contributed by atoms with Gasteiger partial charge in [0.15, 0.2) is 0 Å². The van der Waals surface area contributed by atoms with Crippen molar-refractivity contribution in [3.63, 3.8) is 0 Å². The molecule has 2 rings (SSSR count). The molecule has 162 valence electrons. The summed E-state index contributed by atoms with van der Waals surface area (Å²) in [5.74, 6) is -0.401. The van der Waals surface area contributed by atoms with Gasteiger partial charge in [-0.25, -0.2) is 0 Å². The van der Waals surface area contributed by atoms with Gasteiger partial charge in [-0.3, -0.25) is 9.59 Å². The molecule has 0 aliphatic heterocycles. The van der Waals surface area contributed by atoms with Crippen LogP contribution < -0.4 is 5.32 Å². The lowest BCUT2D eigenvalue weighted by atomic mass is 10.0. The highest BCUT2D eigenvalue weighted by molar-refractivity contribution is 6.36. The summed E-state index contributed by atoms with van der Waals surface area (Å²) in [4.78, 5) is 27.9. The Bertz CT molecular complexity index is 872. The number of nitrogens with one attached hydrogen (secondary N) is 1. The molecule has 2 aromatic rings. The molecule has 0 bridgehead atoms. The van der Waals surface area contributed by atoms with E-state index in [1.807, 2.05) is 27.7 Å². The minimum absolute atomic E-state index is 0.137. The van der Waals surface area contributed by atoms with Crippen LogP contribution in [0.15, 0.2) is 42.5 Å². The van der Waals surface area contributed by atoms with E-state index in [-0.39, 0.29) is 24.8 Å². The first kappa shape index (κ1) is 24.5. The predicted molar refractivity (Wildman–Crippen MR) is 124 cm³/mol. The zero-order valence-corrected chi connectivity index (χ0v) is 19.9. The van der Waals surface area contributed by atoms with Gasteiger partial charge in [-0.15, -0.1) is 0 Å². The first-order valence-electron chi connectivity index (χ1n) is 9.80. The van der Waals surface area contributed by atoms with Crippen molar-refractivity contribution in [2.75, 3.05) is 0 Å². The predicted octanol–water partition coefficient (Wildman–Crippen LogP) is 5.91. The van der Waals surface area contributed by atoms with E-state index in [0.717, 1.165) is 5.56 Å². The zero-order chi connectivity index (χ0) is 22.5. The lowest BCUT2D eigenvalue weighted by Crippen LogP contribution is -2.53. The molecule has 2 aromatic carbocycles. The molecular formula is C23H27Cl3N2O2. The Hall–Kier alpha value is -1.75. The number of nitrogens with zero attached hydrogens (tertiary/aromatic N) is 1. The molecular weight excluding hydrogens is 443 g/mol. The standard InChI is InChI=1S/C23H27Cl3N2O2/c1-5-20(22(30)27-23(2,3)4)28(14-17-18(25)7-6-8-19(17)26)21(29)13-15-9-11-16(24)12-10-15/h6-12,20H,5,13-14H2,1-4H3,(H,27,30). The second kappa shape index (κ2) is 10.5. The van der Waals surface area contributed by atoms with Crippen LogP contribution in [0, 0.1) is 0 Å². The third kappa shape index (κ3) is 6.90. The molecule has 0 spiro atoms. The van der Waals surface area contributed by atoms with E-state index in [9.17, 15) is 9.59 Å². The Morgan fingerprint density at radius 2 is 1.57 bits per heavy atom. The van der Waals surface area contributed by atoms with Gasteiger partial charge in [-0.1, -0.05) is 59.9 Å². The number of benzene rings is 2. The number of hydrogen-bond donors (Lipinski definition) is 1. The van der Waals surface area contributed by atoms with Gasteiger partial charge in [0.2, 0.25) is 11.8 Å². The van der Waals surface area contributed by atoms with Crippen molar-refractivity contribution in [1.29, 1.82) is 0 Å². The van der Waals surface area contributed by atoms with Gasteiger partial charge in [0.1, 0.15) is 6.04 Å². The van der Waals surface area contributed by atoms with Gasteiger partial charge in [0.05, 0.1) is 6.42 Å². The van der Waals surface area contributed by atoms with Crippen LogP contribution in [-0.4, -0.2) is 28.3 Å². The first-order chi connectivity index (χ1) is 14.0. The summed E-state index contributed by atoms with van der Waals surface area (Å²) in [7, 11) is 0. The SMILES string of the molecule is CCC(C(=O)NC(C)(C)C)N(Cc1c(Cl)cccc1Cl)C(=O)Cc1ccc(Cl)cc1. The molecule has 30 heavy (non-hydrogen) atoms. The van der Waals surface area contributed by atoms with Gasteiger partial charge in [0, 0.05) is 32.7 Å². The van der Waals surface area contributed by atoms with Crippen LogP contribution in [0.1, 0.15) is 45.2 Å². The lowest BCUT2D eigenvalue weighted by molar-refractivity contribution is -0.141. The largest absolute Gasteiger partial charge is 0.350 e. The van der Waals surface area contributed by atoms with E-state index in [0.29, 0.717) is 27.1 Å². The summed E-state index contributed by atoms with van der Waals surface area (Å²) >= 11 is 18.7. The maximum Gasteiger partial charge on any atom is 0.243 e. The first-order valence-corrected chi connectivity index (χ1v) is 10.9. The quantitative estimate of drug-likeness (QED) is 0.548. The average Bonchev–Trinajstić information content (AvgIpc) is 2.64. The molecule has 0 aliphatic carbocycles. The van der Waals surface area contributed by atoms with Gasteiger partial charge < -0.3 is 10.2 Å². The number of amides is 2. The molecule has 0 saturated heterocycles. The fourth-order valence-electron chi connectivity index (χ4n) is 3.10. The molecule has 1 unspecified atom stereocenters. The van der Waals surface area contributed by atoms with Gasteiger partial charge in [-0.05, 0) is 57.0 Å². The van der Waals surface area contributed by atoms with Crippen LogP contribution in [0.4, 0.5) is 0 Å². The van der Waals surface area contributed by atoms with Gasteiger partial charge in [0.25, 0.3) is 0 Å². The molecule has 0 aromatic heterocycles. The highest BCUT2D eigenvalue weighted by atomic mass is 35.5. The monoisotopic (exact) mass is 468 g/mol. The number of halogens is 3. The second-order valence-electron chi connectivity index (χ2n) is 8.19. The van der Waals surface area contributed by atoms with E-state index in [2.05, 4.69) is 5.32 Å². The van der Waals surface area contributed by atoms with Gasteiger partial charge in [-0.2, -0.15) is 0 Å². The zero-order valence-electron chi connectivity index (χ0n) is 17.6. The van der Waals surface area contributed by atoms with Crippen LogP contribution >= 0.6 is 34.8 Å². The van der Waals surface area contributed by atoms with Crippen molar-refractivity contribution in [3.8, 4) is 0 Å². The van der Waals surface area contributed by atoms with Crippen LogP contribution in [0.25, 0.3) is 0 Å². The number of hydrogen-bond acceptors (Lipinski definition) is 2. The Morgan fingerprint density at radius 3 is 2.07 bits per heavy atom. The van der Waals surface area contributed by atoms with Crippen molar-refractivity contribution in [2.24, 2.45) is 0 Å². The van der Waals surface area contributed by atoms with Gasteiger partial charge >= 0.3 is 0 Å². The average molecular weight is 470 g/mol. The molecule has 1 N–H and O–H groups in total. The summed E-state index contributed by atoms with van der Waals surface area (Å²) < 4.78 is 0. The number of rotatable bonds is 7. The smallest absolute Gasteiger partial charge is 0.243 e. The fraction of sp³-hybridized carbons (Fsp3) is 0.391. The maximum atomic E-state index is 13.3. The molecule has 0 heterocycles. The highest BCUT2D eigenvalue weighted by Gasteiger charge is 2.31. The van der Waals surface area contributed by atoms with Crippen LogP contribution in [0.2, 0.25) is 15.1 Å². The summed E-state index contributed by atoms with van der Waals surface area (Å²) in [5, 5.41) is 4.49. The highest BCUT2D eigenvalue weighted by Crippen LogP contribution is 2.27. The van der Waals surface area contributed by atoms with E-state index in [1.165, 1.54) is 0 Å². The van der Waals surface area contributed by atoms with E-state index in [4.69, 9.17) is 34.8 Å². The maximum absolute atomic E-state index is 13.3. The molecule has 4 nitrogen and oxygen atoms in total. The molecule has 0 radical (unpaired) electrons. The molecule has 0 fully saturated rings. The van der Waals surface area contributed by atoms with Crippen LogP contribution in [-0.2, 0) is 22.6 Å². The third-order valence-corrected chi connectivity index (χ3v) is 5.50. The summed E-state index contributed by atoms with van der Waals surface area (Å²) in [6.07, 6.45) is 0.592. The lowest BCUT2D eigenvalue weighted by Gasteiger charge is -2.33. The van der Waals surface area contributed by atoms with Crippen molar-refractivity contribution < 1.29 is 9.59 Å². The molecule has 1 atom stereocenters. The minimum atomic E-state index is -0.656. The summed E-state index contributed by atoms with van der Waals surface area (Å²) in [6, 6.07) is 11.6. The normalized spacial score (nSPS) is 12.4. The van der Waals surface area contributed by atoms with Crippen molar-refractivity contribution in [2.45, 2.75) is 58.7 Å².